The van der Waals surface area contributed by atoms with Crippen molar-refractivity contribution in [3.05, 3.63) is 36.2 Å². The summed E-state index contributed by atoms with van der Waals surface area (Å²) in [6.07, 6.45) is 3.90. The van der Waals surface area contributed by atoms with Crippen LogP contribution in [0.4, 0.5) is 5.82 Å². The number of carbonyl (C=O) groups is 1. The van der Waals surface area contributed by atoms with Crippen LogP contribution < -0.4 is 19.1 Å². The third kappa shape index (κ3) is 3.60. The molecular weight excluding hydrogens is 348 g/mol. The van der Waals surface area contributed by atoms with Gasteiger partial charge < -0.3 is 24.0 Å². The molecule has 8 nitrogen and oxygen atoms in total. The fourth-order valence-electron chi connectivity index (χ4n) is 3.20. The van der Waals surface area contributed by atoms with Gasteiger partial charge in [-0.15, -0.1) is 0 Å². The van der Waals surface area contributed by atoms with Crippen molar-refractivity contribution >= 4 is 11.7 Å². The summed E-state index contributed by atoms with van der Waals surface area (Å²) in [7, 11) is 3.80. The Morgan fingerprint density at radius 1 is 1.26 bits per heavy atom. The monoisotopic (exact) mass is 370 g/mol. The minimum Gasteiger partial charge on any atom is -0.486 e. The Hall–Kier alpha value is -3.03. The Labute approximate surface area is 157 Å². The van der Waals surface area contributed by atoms with E-state index < -0.39 is 0 Å². The van der Waals surface area contributed by atoms with Crippen LogP contribution >= 0.6 is 0 Å². The van der Waals surface area contributed by atoms with Crippen LogP contribution in [0.25, 0.3) is 0 Å². The summed E-state index contributed by atoms with van der Waals surface area (Å²) in [4.78, 5) is 25.2. The number of rotatable bonds is 4. The highest BCUT2D eigenvalue weighted by molar-refractivity contribution is 5.98. The van der Waals surface area contributed by atoms with E-state index >= 15 is 0 Å². The molecule has 142 valence electrons. The Morgan fingerprint density at radius 2 is 2.11 bits per heavy atom. The van der Waals surface area contributed by atoms with Crippen LogP contribution in [0.2, 0.25) is 0 Å². The highest BCUT2D eigenvalue weighted by Crippen LogP contribution is 2.34. The molecule has 0 bridgehead atoms. The van der Waals surface area contributed by atoms with E-state index in [1.807, 2.05) is 31.1 Å². The molecule has 8 heteroatoms. The van der Waals surface area contributed by atoms with Gasteiger partial charge in [0, 0.05) is 27.1 Å². The molecular formula is C19H22N4O4. The topological polar surface area (TPSA) is 77.0 Å². The quantitative estimate of drug-likeness (QED) is 0.809. The molecule has 0 spiro atoms. The molecule has 2 aromatic rings. The Kier molecular flexibility index (Phi) is 4.70. The van der Waals surface area contributed by atoms with Crippen molar-refractivity contribution in [3.8, 4) is 17.4 Å². The first-order chi connectivity index (χ1) is 13.1. The number of hydrogen-bond acceptors (Lipinski definition) is 7. The lowest BCUT2D eigenvalue weighted by Crippen LogP contribution is -2.32. The van der Waals surface area contributed by atoms with Gasteiger partial charge in [0.1, 0.15) is 19.3 Å². The maximum absolute atomic E-state index is 13.0. The molecule has 1 amide bonds. The van der Waals surface area contributed by atoms with Crippen molar-refractivity contribution in [2.45, 2.75) is 12.5 Å². The zero-order valence-corrected chi connectivity index (χ0v) is 15.4. The molecule has 4 rings (SSSR count). The SMILES string of the molecule is CN(C)c1cncc(O[C@H]2CCN(C(=O)c3cccc4c3OCCO4)C2)n1. The molecule has 2 aliphatic rings. The van der Waals surface area contributed by atoms with Crippen molar-refractivity contribution in [2.75, 3.05) is 45.3 Å². The van der Waals surface area contributed by atoms with Gasteiger partial charge in [-0.3, -0.25) is 9.78 Å². The van der Waals surface area contributed by atoms with Gasteiger partial charge >= 0.3 is 0 Å². The van der Waals surface area contributed by atoms with E-state index in [4.69, 9.17) is 14.2 Å². The number of fused-ring (bicyclic) bond motifs is 1. The first-order valence-electron chi connectivity index (χ1n) is 8.96. The molecule has 3 heterocycles. The predicted octanol–water partition coefficient (Wildman–Crippen LogP) is 1.61. The number of nitrogens with zero attached hydrogens (tertiary/aromatic N) is 4. The number of para-hydroxylation sites is 1. The molecule has 0 saturated carbocycles. The first kappa shape index (κ1) is 17.4. The molecule has 1 atom stereocenters. The lowest BCUT2D eigenvalue weighted by Gasteiger charge is -2.23. The van der Waals surface area contributed by atoms with Gasteiger partial charge in [-0.1, -0.05) is 6.07 Å². The van der Waals surface area contributed by atoms with Crippen molar-refractivity contribution < 1.29 is 19.0 Å². The van der Waals surface area contributed by atoms with Gasteiger partial charge in [-0.05, 0) is 12.1 Å². The van der Waals surface area contributed by atoms with E-state index in [9.17, 15) is 4.79 Å². The fraction of sp³-hybridized carbons (Fsp3) is 0.421. The highest BCUT2D eigenvalue weighted by Gasteiger charge is 2.31. The molecule has 0 unspecified atom stereocenters. The van der Waals surface area contributed by atoms with Crippen LogP contribution in [0.1, 0.15) is 16.8 Å². The van der Waals surface area contributed by atoms with Gasteiger partial charge in [0.2, 0.25) is 5.88 Å². The van der Waals surface area contributed by atoms with Crippen molar-refractivity contribution in [2.24, 2.45) is 0 Å². The highest BCUT2D eigenvalue weighted by atomic mass is 16.6. The smallest absolute Gasteiger partial charge is 0.257 e. The number of carbonyl (C=O) groups excluding carboxylic acids is 1. The lowest BCUT2D eigenvalue weighted by molar-refractivity contribution is 0.0760. The summed E-state index contributed by atoms with van der Waals surface area (Å²) in [5.41, 5.74) is 0.530. The molecule has 0 N–H and O–H groups in total. The van der Waals surface area contributed by atoms with Crippen LogP contribution in [-0.2, 0) is 0 Å². The number of anilines is 1. The molecule has 1 fully saturated rings. The van der Waals surface area contributed by atoms with E-state index in [0.717, 1.165) is 12.2 Å². The van der Waals surface area contributed by atoms with Gasteiger partial charge in [-0.25, -0.2) is 0 Å². The molecule has 1 aromatic carbocycles. The van der Waals surface area contributed by atoms with Crippen molar-refractivity contribution in [1.82, 2.24) is 14.9 Å². The molecule has 0 radical (unpaired) electrons. The van der Waals surface area contributed by atoms with Crippen molar-refractivity contribution in [3.63, 3.8) is 0 Å². The first-order valence-corrected chi connectivity index (χ1v) is 8.96. The van der Waals surface area contributed by atoms with Crippen LogP contribution in [0.3, 0.4) is 0 Å². The molecule has 2 aliphatic heterocycles. The number of hydrogen-bond donors (Lipinski definition) is 0. The van der Waals surface area contributed by atoms with Gasteiger partial charge in [0.05, 0.1) is 24.5 Å². The number of likely N-dealkylation sites (tertiary alicyclic amines) is 1. The van der Waals surface area contributed by atoms with Crippen molar-refractivity contribution in [1.29, 1.82) is 0 Å². The maximum Gasteiger partial charge on any atom is 0.257 e. The Balaban J connectivity index is 1.44. The zero-order valence-electron chi connectivity index (χ0n) is 15.4. The number of ether oxygens (including phenoxy) is 3. The zero-order chi connectivity index (χ0) is 18.8. The van der Waals surface area contributed by atoms with Gasteiger partial charge in [0.15, 0.2) is 17.3 Å². The largest absolute Gasteiger partial charge is 0.486 e. The number of amides is 1. The fourth-order valence-corrected chi connectivity index (χ4v) is 3.20. The van der Waals surface area contributed by atoms with E-state index in [1.54, 1.807) is 23.4 Å². The molecule has 0 aliphatic carbocycles. The second-order valence-electron chi connectivity index (χ2n) is 6.72. The summed E-state index contributed by atoms with van der Waals surface area (Å²) in [6.45, 7) is 2.06. The average molecular weight is 370 g/mol. The normalized spacial score (nSPS) is 18.3. The maximum atomic E-state index is 13.0. The van der Waals surface area contributed by atoms with Crippen LogP contribution in [0, 0.1) is 0 Å². The number of aromatic nitrogens is 2. The third-order valence-electron chi connectivity index (χ3n) is 4.57. The summed E-state index contributed by atoms with van der Waals surface area (Å²) in [6, 6.07) is 5.40. The Morgan fingerprint density at radius 3 is 2.96 bits per heavy atom. The molecule has 1 aromatic heterocycles. The second kappa shape index (κ2) is 7.30. The predicted molar refractivity (Wildman–Crippen MR) is 98.7 cm³/mol. The summed E-state index contributed by atoms with van der Waals surface area (Å²) < 4.78 is 17.2. The summed E-state index contributed by atoms with van der Waals surface area (Å²) in [5.74, 6) is 2.27. The number of benzene rings is 1. The van der Waals surface area contributed by atoms with Gasteiger partial charge in [0.25, 0.3) is 5.91 Å². The van der Waals surface area contributed by atoms with Crippen LogP contribution in [0.5, 0.6) is 17.4 Å². The van der Waals surface area contributed by atoms with Crippen LogP contribution in [0.15, 0.2) is 30.6 Å². The summed E-state index contributed by atoms with van der Waals surface area (Å²) in [5, 5.41) is 0. The van der Waals surface area contributed by atoms with E-state index in [1.165, 1.54) is 0 Å². The second-order valence-corrected chi connectivity index (χ2v) is 6.72. The standard InChI is InChI=1S/C19H22N4O4/c1-22(2)16-10-20-11-17(21-16)27-13-6-7-23(12-13)19(24)14-4-3-5-15-18(14)26-9-8-25-15/h3-5,10-11,13H,6-9,12H2,1-2H3/t13-/m0/s1. The third-order valence-corrected chi connectivity index (χ3v) is 4.57. The lowest BCUT2D eigenvalue weighted by atomic mass is 10.1. The molecule has 1 saturated heterocycles. The summed E-state index contributed by atoms with van der Waals surface area (Å²) >= 11 is 0. The van der Waals surface area contributed by atoms with E-state index in [-0.39, 0.29) is 12.0 Å². The van der Waals surface area contributed by atoms with E-state index in [2.05, 4.69) is 9.97 Å². The molecule has 27 heavy (non-hydrogen) atoms. The minimum atomic E-state index is -0.114. The minimum absolute atomic E-state index is 0.0726. The van der Waals surface area contributed by atoms with Crippen LogP contribution in [-0.4, -0.2) is 67.3 Å². The van der Waals surface area contributed by atoms with Gasteiger partial charge in [-0.2, -0.15) is 4.98 Å². The van der Waals surface area contributed by atoms with E-state index in [0.29, 0.717) is 49.2 Å². The average Bonchev–Trinajstić information content (AvgIpc) is 3.15. The Bertz CT molecular complexity index is 842.